The van der Waals surface area contributed by atoms with E-state index in [-0.39, 0.29) is 11.7 Å². The SMILES string of the molecule is COc1ccccc1-c1nnc(SCC(=O)Nc2ccc(C)c(Cl)c2)n1N. The highest BCUT2D eigenvalue weighted by atomic mass is 35.5. The third kappa shape index (κ3) is 4.35. The molecular weight excluding hydrogens is 386 g/mol. The quantitative estimate of drug-likeness (QED) is 0.484. The Bertz CT molecular complexity index is 976. The summed E-state index contributed by atoms with van der Waals surface area (Å²) in [4.78, 5) is 12.2. The number of thioether (sulfide) groups is 1. The van der Waals surface area contributed by atoms with Gasteiger partial charge in [0.15, 0.2) is 5.82 Å². The molecule has 1 amide bonds. The molecule has 140 valence electrons. The lowest BCUT2D eigenvalue weighted by atomic mass is 10.2. The number of halogens is 1. The number of aryl methyl sites for hydroxylation is 1. The number of amides is 1. The van der Waals surface area contributed by atoms with Gasteiger partial charge in [0.1, 0.15) is 5.75 Å². The van der Waals surface area contributed by atoms with Crippen molar-refractivity contribution in [2.24, 2.45) is 0 Å². The van der Waals surface area contributed by atoms with Crippen molar-refractivity contribution in [3.8, 4) is 17.1 Å². The van der Waals surface area contributed by atoms with Crippen LogP contribution >= 0.6 is 23.4 Å². The molecule has 2 aromatic carbocycles. The second-order valence-corrected chi connectivity index (χ2v) is 7.03. The topological polar surface area (TPSA) is 95.1 Å². The van der Waals surface area contributed by atoms with E-state index in [0.717, 1.165) is 11.1 Å². The van der Waals surface area contributed by atoms with Gasteiger partial charge < -0.3 is 15.9 Å². The number of nitrogens with one attached hydrogen (secondary N) is 1. The average molecular weight is 404 g/mol. The molecule has 0 fully saturated rings. The van der Waals surface area contributed by atoms with E-state index in [2.05, 4.69) is 15.5 Å². The molecule has 27 heavy (non-hydrogen) atoms. The highest BCUT2D eigenvalue weighted by molar-refractivity contribution is 7.99. The Morgan fingerprint density at radius 1 is 1.30 bits per heavy atom. The maximum atomic E-state index is 12.2. The van der Waals surface area contributed by atoms with Crippen LogP contribution in [0.15, 0.2) is 47.6 Å². The van der Waals surface area contributed by atoms with E-state index in [0.29, 0.717) is 27.4 Å². The summed E-state index contributed by atoms with van der Waals surface area (Å²) < 4.78 is 6.67. The van der Waals surface area contributed by atoms with Crippen molar-refractivity contribution >= 4 is 35.0 Å². The fraction of sp³-hybridized carbons (Fsp3) is 0.167. The van der Waals surface area contributed by atoms with Gasteiger partial charge in [0.2, 0.25) is 11.1 Å². The number of hydrogen-bond donors (Lipinski definition) is 2. The first kappa shape index (κ1) is 19.1. The van der Waals surface area contributed by atoms with Crippen LogP contribution < -0.4 is 15.9 Å². The van der Waals surface area contributed by atoms with Gasteiger partial charge in [-0.1, -0.05) is 41.6 Å². The van der Waals surface area contributed by atoms with Crippen LogP contribution in [0.3, 0.4) is 0 Å². The molecule has 7 nitrogen and oxygen atoms in total. The van der Waals surface area contributed by atoms with Gasteiger partial charge in [-0.3, -0.25) is 4.79 Å². The number of rotatable bonds is 6. The van der Waals surface area contributed by atoms with Crippen LogP contribution in [0.2, 0.25) is 5.02 Å². The van der Waals surface area contributed by atoms with E-state index >= 15 is 0 Å². The predicted molar refractivity (Wildman–Crippen MR) is 108 cm³/mol. The van der Waals surface area contributed by atoms with Gasteiger partial charge in [0.05, 0.1) is 18.4 Å². The molecular formula is C18H18ClN5O2S. The fourth-order valence-electron chi connectivity index (χ4n) is 2.39. The van der Waals surface area contributed by atoms with Crippen LogP contribution in [-0.4, -0.2) is 33.6 Å². The maximum absolute atomic E-state index is 12.2. The first-order chi connectivity index (χ1) is 13.0. The second kappa shape index (κ2) is 8.32. The number of aromatic nitrogens is 3. The molecule has 0 aliphatic rings. The summed E-state index contributed by atoms with van der Waals surface area (Å²) in [6, 6.07) is 12.7. The van der Waals surface area contributed by atoms with Crippen molar-refractivity contribution in [1.82, 2.24) is 14.9 Å². The van der Waals surface area contributed by atoms with Gasteiger partial charge in [0.25, 0.3) is 0 Å². The highest BCUT2D eigenvalue weighted by Gasteiger charge is 2.16. The van der Waals surface area contributed by atoms with Crippen molar-refractivity contribution < 1.29 is 9.53 Å². The lowest BCUT2D eigenvalue weighted by molar-refractivity contribution is -0.113. The Morgan fingerprint density at radius 2 is 2.07 bits per heavy atom. The van der Waals surface area contributed by atoms with Gasteiger partial charge in [0, 0.05) is 10.7 Å². The summed E-state index contributed by atoms with van der Waals surface area (Å²) in [6.45, 7) is 1.90. The number of nitrogens with zero attached hydrogens (tertiary/aromatic N) is 3. The number of methoxy groups -OCH3 is 1. The van der Waals surface area contributed by atoms with E-state index in [9.17, 15) is 4.79 Å². The van der Waals surface area contributed by atoms with Crippen LogP contribution in [0.4, 0.5) is 5.69 Å². The van der Waals surface area contributed by atoms with Gasteiger partial charge in [-0.15, -0.1) is 10.2 Å². The molecule has 3 aromatic rings. The molecule has 3 rings (SSSR count). The molecule has 0 spiro atoms. The third-order valence-corrected chi connectivity index (χ3v) is 5.15. The Labute approximate surface area is 165 Å². The number of ether oxygens (including phenoxy) is 1. The minimum atomic E-state index is -0.193. The summed E-state index contributed by atoms with van der Waals surface area (Å²) in [6.07, 6.45) is 0. The minimum Gasteiger partial charge on any atom is -0.496 e. The van der Waals surface area contributed by atoms with E-state index in [1.165, 1.54) is 16.4 Å². The fourth-order valence-corrected chi connectivity index (χ4v) is 3.22. The smallest absolute Gasteiger partial charge is 0.234 e. The van der Waals surface area contributed by atoms with Crippen molar-refractivity contribution in [2.45, 2.75) is 12.1 Å². The molecule has 0 saturated heterocycles. The third-order valence-electron chi connectivity index (χ3n) is 3.80. The molecule has 0 bridgehead atoms. The summed E-state index contributed by atoms with van der Waals surface area (Å²) >= 11 is 7.26. The van der Waals surface area contributed by atoms with Crippen molar-refractivity contribution in [3.05, 3.63) is 53.1 Å². The van der Waals surface area contributed by atoms with Gasteiger partial charge in [-0.05, 0) is 36.8 Å². The second-order valence-electron chi connectivity index (χ2n) is 5.68. The van der Waals surface area contributed by atoms with Crippen LogP contribution in [0.25, 0.3) is 11.4 Å². The monoisotopic (exact) mass is 403 g/mol. The summed E-state index contributed by atoms with van der Waals surface area (Å²) in [7, 11) is 1.58. The molecule has 0 atom stereocenters. The highest BCUT2D eigenvalue weighted by Crippen LogP contribution is 2.29. The number of carbonyl (C=O) groups is 1. The molecule has 0 aliphatic heterocycles. The van der Waals surface area contributed by atoms with E-state index in [4.69, 9.17) is 22.2 Å². The Balaban J connectivity index is 1.67. The molecule has 1 aromatic heterocycles. The van der Waals surface area contributed by atoms with Gasteiger partial charge >= 0.3 is 0 Å². The molecule has 9 heteroatoms. The van der Waals surface area contributed by atoms with E-state index < -0.39 is 0 Å². The normalized spacial score (nSPS) is 10.6. The van der Waals surface area contributed by atoms with Crippen LogP contribution in [0.1, 0.15) is 5.56 Å². The first-order valence-corrected chi connectivity index (χ1v) is 9.38. The van der Waals surface area contributed by atoms with Crippen molar-refractivity contribution in [3.63, 3.8) is 0 Å². The summed E-state index contributed by atoms with van der Waals surface area (Å²) in [5.74, 6) is 7.14. The van der Waals surface area contributed by atoms with Crippen LogP contribution in [0.5, 0.6) is 5.75 Å². The molecule has 0 saturated carbocycles. The number of para-hydroxylation sites is 1. The van der Waals surface area contributed by atoms with Crippen molar-refractivity contribution in [1.29, 1.82) is 0 Å². The minimum absolute atomic E-state index is 0.132. The summed E-state index contributed by atoms with van der Waals surface area (Å²) in [5, 5.41) is 12.0. The number of anilines is 1. The molecule has 0 aliphatic carbocycles. The number of benzene rings is 2. The predicted octanol–water partition coefficient (Wildman–Crippen LogP) is 3.36. The standard InChI is InChI=1S/C18H18ClN5O2S/c1-11-7-8-12(9-14(11)19)21-16(25)10-27-18-23-22-17(24(18)20)13-5-3-4-6-15(13)26-2/h3-9H,10,20H2,1-2H3,(H,21,25). The zero-order valence-corrected chi connectivity index (χ0v) is 16.3. The number of nitrogen functional groups attached to an aromatic ring is 1. The van der Waals surface area contributed by atoms with Gasteiger partial charge in [-0.25, -0.2) is 4.68 Å². The average Bonchev–Trinajstić information content (AvgIpc) is 3.03. The number of nitrogens with two attached hydrogens (primary N) is 1. The zero-order valence-electron chi connectivity index (χ0n) is 14.8. The zero-order chi connectivity index (χ0) is 19.4. The molecule has 3 N–H and O–H groups in total. The lowest BCUT2D eigenvalue weighted by Crippen LogP contribution is -2.16. The maximum Gasteiger partial charge on any atom is 0.234 e. The van der Waals surface area contributed by atoms with Crippen molar-refractivity contribution in [2.75, 3.05) is 24.0 Å². The number of carbonyl (C=O) groups excluding carboxylic acids is 1. The molecule has 1 heterocycles. The lowest BCUT2D eigenvalue weighted by Gasteiger charge is -2.08. The van der Waals surface area contributed by atoms with Crippen LogP contribution in [-0.2, 0) is 4.79 Å². The number of hydrogen-bond acceptors (Lipinski definition) is 6. The first-order valence-electron chi connectivity index (χ1n) is 8.02. The Morgan fingerprint density at radius 3 is 2.81 bits per heavy atom. The van der Waals surface area contributed by atoms with E-state index in [1.807, 2.05) is 37.3 Å². The largest absolute Gasteiger partial charge is 0.496 e. The molecule has 0 radical (unpaired) electrons. The van der Waals surface area contributed by atoms with E-state index in [1.54, 1.807) is 19.2 Å². The van der Waals surface area contributed by atoms with Gasteiger partial charge in [-0.2, -0.15) is 0 Å². The Kier molecular flexibility index (Phi) is 5.88. The van der Waals surface area contributed by atoms with Crippen LogP contribution in [0, 0.1) is 6.92 Å². The summed E-state index contributed by atoms with van der Waals surface area (Å²) in [5.41, 5.74) is 2.31. The Hall–Kier alpha value is -2.71. The molecule has 0 unspecified atom stereocenters.